The van der Waals surface area contributed by atoms with Crippen molar-refractivity contribution in [3.05, 3.63) is 0 Å². The summed E-state index contributed by atoms with van der Waals surface area (Å²) in [7, 11) is -0.389. The molecule has 0 unspecified atom stereocenters. The van der Waals surface area contributed by atoms with Crippen molar-refractivity contribution in [3.8, 4) is 0 Å². The van der Waals surface area contributed by atoms with Gasteiger partial charge in [0, 0.05) is 0 Å². The van der Waals surface area contributed by atoms with Crippen LogP contribution in [0.2, 0.25) is 0 Å². The van der Waals surface area contributed by atoms with E-state index in [0.717, 1.165) is 4.48 Å². The highest BCUT2D eigenvalue weighted by atomic mass is 32.3. The average molecular weight is 227 g/mol. The topological polar surface area (TPSA) is 77.4 Å². The van der Waals surface area contributed by atoms with Crippen molar-refractivity contribution in [1.29, 1.82) is 0 Å². The van der Waals surface area contributed by atoms with Gasteiger partial charge in [-0.15, -0.1) is 0 Å². The zero-order valence-electron chi connectivity index (χ0n) is 9.73. The Bertz CT molecular complexity index is 243. The third kappa shape index (κ3) is 9.91. The molecule has 6 heteroatoms. The maximum absolute atomic E-state index is 8.63. The van der Waals surface area contributed by atoms with Crippen molar-refractivity contribution in [2.24, 2.45) is 0 Å². The Balaban J connectivity index is 0. The molecule has 0 rings (SSSR count). The molecule has 0 radical (unpaired) electrons. The van der Waals surface area contributed by atoms with Crippen molar-refractivity contribution in [2.75, 3.05) is 20.6 Å². The van der Waals surface area contributed by atoms with Gasteiger partial charge in [0.15, 0.2) is 0 Å². The first-order valence-electron chi connectivity index (χ1n) is 4.32. The monoisotopic (exact) mass is 227 g/mol. The molecular formula is C8H21NO4S. The van der Waals surface area contributed by atoms with Gasteiger partial charge in [-0.2, -0.15) is 0 Å². The average Bonchev–Trinajstić information content (AvgIpc) is 1.81. The van der Waals surface area contributed by atoms with Crippen LogP contribution in [-0.2, 0) is 10.4 Å². The van der Waals surface area contributed by atoms with Crippen molar-refractivity contribution in [1.82, 2.24) is 0 Å². The van der Waals surface area contributed by atoms with E-state index in [1.54, 1.807) is 0 Å². The molecule has 0 aromatic heterocycles. The van der Waals surface area contributed by atoms with Crippen LogP contribution in [-0.4, -0.2) is 48.2 Å². The zero-order chi connectivity index (χ0) is 12.2. The lowest BCUT2D eigenvalue weighted by atomic mass is 10.0. The Hall–Kier alpha value is -0.170. The summed E-state index contributed by atoms with van der Waals surface area (Å²) in [4.78, 5) is 0. The van der Waals surface area contributed by atoms with Gasteiger partial charge in [0.2, 0.25) is 10.4 Å². The lowest BCUT2D eigenvalue weighted by Gasteiger charge is -2.41. The minimum absolute atomic E-state index is 0.384. The predicted molar refractivity (Wildman–Crippen MR) is 54.7 cm³/mol. The molecule has 0 aromatic rings. The zero-order valence-corrected chi connectivity index (χ0v) is 10.6. The molecule has 0 fully saturated rings. The highest BCUT2D eigenvalue weighted by Gasteiger charge is 2.28. The van der Waals surface area contributed by atoms with E-state index in [2.05, 4.69) is 41.8 Å². The van der Waals surface area contributed by atoms with E-state index in [0.29, 0.717) is 5.54 Å². The first kappa shape index (κ1) is 16.3. The maximum atomic E-state index is 8.63. The fourth-order valence-electron chi connectivity index (χ4n) is 0.474. The van der Waals surface area contributed by atoms with Gasteiger partial charge >= 0.3 is 0 Å². The second kappa shape index (κ2) is 5.06. The van der Waals surface area contributed by atoms with Gasteiger partial charge in [0.05, 0.1) is 26.2 Å². The predicted octanol–water partition coefficient (Wildman–Crippen LogP) is 0.886. The van der Waals surface area contributed by atoms with Crippen molar-refractivity contribution >= 4 is 10.4 Å². The number of hydrogen-bond acceptors (Lipinski definition) is 3. The first-order valence-corrected chi connectivity index (χ1v) is 5.69. The van der Waals surface area contributed by atoms with Crippen molar-refractivity contribution < 1.29 is 22.0 Å². The third-order valence-electron chi connectivity index (χ3n) is 2.61. The molecule has 1 N–H and O–H groups in total. The van der Waals surface area contributed by atoms with Crippen LogP contribution in [0, 0.1) is 0 Å². The van der Waals surface area contributed by atoms with E-state index in [9.17, 15) is 0 Å². The van der Waals surface area contributed by atoms with Crippen LogP contribution in [0.5, 0.6) is 0 Å². The fourth-order valence-corrected chi connectivity index (χ4v) is 0.474. The van der Waals surface area contributed by atoms with E-state index in [4.69, 9.17) is 17.5 Å². The number of quaternary nitrogens is 1. The van der Waals surface area contributed by atoms with Crippen LogP contribution >= 0.6 is 0 Å². The molecule has 0 aliphatic rings. The quantitative estimate of drug-likeness (QED) is 0.410. The number of nitrogens with zero attached hydrogens (tertiary/aromatic N) is 1. The summed E-state index contributed by atoms with van der Waals surface area (Å²) >= 11 is 0. The van der Waals surface area contributed by atoms with E-state index in [1.807, 2.05) is 0 Å². The van der Waals surface area contributed by atoms with Crippen molar-refractivity contribution in [2.45, 2.75) is 33.2 Å². The molecule has 0 aromatic carbocycles. The van der Waals surface area contributed by atoms with Gasteiger partial charge in [-0.1, -0.05) is 0 Å². The molecule has 0 aliphatic carbocycles. The molecule has 0 spiro atoms. The van der Waals surface area contributed by atoms with E-state index in [-0.39, 0.29) is 0 Å². The number of rotatable bonds is 1. The first-order chi connectivity index (χ1) is 5.81. The van der Waals surface area contributed by atoms with Crippen LogP contribution in [0.25, 0.3) is 0 Å². The Kier molecular flexibility index (Phi) is 5.88. The largest absolute Gasteiger partial charge is 0.726 e. The minimum atomic E-state index is -4.92. The SMILES string of the molecule is CC[N+](C)(C)C(C)(C)C.O=S(=O)([O-])O. The van der Waals surface area contributed by atoms with Crippen LogP contribution in [0.3, 0.4) is 0 Å². The molecule has 0 aliphatic heterocycles. The Morgan fingerprint density at radius 1 is 1.29 bits per heavy atom. The fraction of sp³-hybridized carbons (Fsp3) is 1.00. The molecule has 0 saturated carbocycles. The molecule has 0 bridgehead atoms. The van der Waals surface area contributed by atoms with Crippen LogP contribution in [0.4, 0.5) is 0 Å². The minimum Gasteiger partial charge on any atom is -0.726 e. The summed E-state index contributed by atoms with van der Waals surface area (Å²) in [6.45, 7) is 10.2. The second-order valence-electron chi connectivity index (χ2n) is 4.60. The molecule has 0 amide bonds. The third-order valence-corrected chi connectivity index (χ3v) is 2.61. The highest BCUT2D eigenvalue weighted by Crippen LogP contribution is 2.17. The Morgan fingerprint density at radius 2 is 1.50 bits per heavy atom. The van der Waals surface area contributed by atoms with E-state index >= 15 is 0 Å². The summed E-state index contributed by atoms with van der Waals surface area (Å²) in [5, 5.41) is 0. The Morgan fingerprint density at radius 3 is 1.50 bits per heavy atom. The summed E-state index contributed by atoms with van der Waals surface area (Å²) < 4.78 is 33.9. The van der Waals surface area contributed by atoms with Gasteiger partial charge in [-0.05, 0) is 27.7 Å². The van der Waals surface area contributed by atoms with Gasteiger partial charge in [-0.3, -0.25) is 4.55 Å². The summed E-state index contributed by atoms with van der Waals surface area (Å²) in [5.41, 5.74) is 0.384. The van der Waals surface area contributed by atoms with Gasteiger partial charge in [-0.25, -0.2) is 8.42 Å². The molecule has 5 nitrogen and oxygen atoms in total. The molecule has 0 saturated heterocycles. The smallest absolute Gasteiger partial charge is 0.215 e. The molecule has 14 heavy (non-hydrogen) atoms. The summed E-state index contributed by atoms with van der Waals surface area (Å²) in [6, 6.07) is 0. The normalized spacial score (nSPS) is 13.1. The molecule has 88 valence electrons. The Labute approximate surface area is 86.9 Å². The summed E-state index contributed by atoms with van der Waals surface area (Å²) in [6.07, 6.45) is 0. The highest BCUT2D eigenvalue weighted by molar-refractivity contribution is 7.79. The second-order valence-corrected chi connectivity index (χ2v) is 5.46. The standard InChI is InChI=1S/C8H20N.H2O4S/c1-7-9(5,6)8(2,3)4;1-5(2,3)4/h7H2,1-6H3;(H2,1,2,3,4)/q+1;/p-1. The summed E-state index contributed by atoms with van der Waals surface area (Å²) in [5.74, 6) is 0. The van der Waals surface area contributed by atoms with Crippen LogP contribution in [0.1, 0.15) is 27.7 Å². The van der Waals surface area contributed by atoms with E-state index in [1.165, 1.54) is 6.54 Å². The lowest BCUT2D eigenvalue weighted by molar-refractivity contribution is -0.934. The van der Waals surface area contributed by atoms with Crippen molar-refractivity contribution in [3.63, 3.8) is 0 Å². The van der Waals surface area contributed by atoms with E-state index < -0.39 is 10.4 Å². The lowest BCUT2D eigenvalue weighted by Crippen LogP contribution is -2.53. The van der Waals surface area contributed by atoms with Crippen LogP contribution < -0.4 is 0 Å². The number of hydrogen-bond donors (Lipinski definition) is 1. The van der Waals surface area contributed by atoms with Gasteiger partial charge in [0.25, 0.3) is 0 Å². The molecule has 0 heterocycles. The van der Waals surface area contributed by atoms with Crippen LogP contribution in [0.15, 0.2) is 0 Å². The van der Waals surface area contributed by atoms with Gasteiger partial charge in [0.1, 0.15) is 0 Å². The maximum Gasteiger partial charge on any atom is 0.215 e. The molecule has 0 atom stereocenters. The van der Waals surface area contributed by atoms with Gasteiger partial charge < -0.3 is 9.04 Å². The molecular weight excluding hydrogens is 206 g/mol.